The van der Waals surface area contributed by atoms with Gasteiger partial charge in [0.05, 0.1) is 126 Å². The second kappa shape index (κ2) is 35.5. The number of nitrogens with zero attached hydrogens (tertiary/aromatic N) is 26. The highest BCUT2D eigenvalue weighted by Gasteiger charge is 2.43. The maximum absolute atomic E-state index is 15.1. The second-order valence-electron chi connectivity index (χ2n) is 37.0. The molecule has 0 spiro atoms. The summed E-state index contributed by atoms with van der Waals surface area (Å²) < 4.78 is 53.3. The van der Waals surface area contributed by atoms with Gasteiger partial charge in [0, 0.05) is 292 Å². The highest BCUT2D eigenvalue weighted by atomic mass is 19.1. The van der Waals surface area contributed by atoms with Gasteiger partial charge in [-0.3, -0.25) is 56.6 Å². The number of nitriles is 2. The third-order valence-electron chi connectivity index (χ3n) is 28.7. The normalized spacial score (nSPS) is 19.6. The molecule has 4 saturated heterocycles. The lowest BCUT2D eigenvalue weighted by molar-refractivity contribution is -0.130. The number of hydrogen-bond donors (Lipinski definition) is 0. The first kappa shape index (κ1) is 86.1. The van der Waals surface area contributed by atoms with Crippen LogP contribution < -0.4 is 19.6 Å². The Bertz CT molecular complexity index is 6640. The molecule has 4 fully saturated rings. The lowest BCUT2D eigenvalue weighted by Gasteiger charge is -2.31. The van der Waals surface area contributed by atoms with Crippen molar-refractivity contribution in [2.75, 3.05) is 125 Å². The molecule has 20 heterocycles. The molecule has 0 bridgehead atoms. The molecule has 24 rings (SSSR count). The second-order valence-corrected chi connectivity index (χ2v) is 37.0. The Morgan fingerprint density at radius 1 is 0.398 bits per heavy atom. The summed E-state index contributed by atoms with van der Waals surface area (Å²) in [7, 11) is 7.58. The predicted molar refractivity (Wildman–Crippen MR) is 493 cm³/mol. The Morgan fingerprint density at radius 2 is 0.797 bits per heavy atom. The zero-order valence-corrected chi connectivity index (χ0v) is 76.5. The van der Waals surface area contributed by atoms with Crippen molar-refractivity contribution < 1.29 is 42.5 Å². The quantitative estimate of drug-likeness (QED) is 0.103. The molecule has 4 atom stereocenters. The van der Waals surface area contributed by atoms with Gasteiger partial charge < -0.3 is 58.1 Å². The number of fused-ring (bicyclic) bond motifs is 8. The first-order valence-electron chi connectivity index (χ1n) is 46.5. The molecular formula is C98H109FN26O8. The smallest absolute Gasteiger partial charge is 0.219 e. The van der Waals surface area contributed by atoms with Crippen molar-refractivity contribution in [2.45, 2.75) is 155 Å². The maximum atomic E-state index is 15.1. The van der Waals surface area contributed by atoms with Crippen LogP contribution in [0.3, 0.4) is 0 Å². The molecule has 12 aliphatic heterocycles. The fourth-order valence-electron chi connectivity index (χ4n) is 21.5. The van der Waals surface area contributed by atoms with Crippen molar-refractivity contribution in [3.63, 3.8) is 0 Å². The fraction of sp³-hybridized carbons (Fsp3) is 0.449. The van der Waals surface area contributed by atoms with Crippen molar-refractivity contribution in [3.05, 3.63) is 189 Å². The van der Waals surface area contributed by atoms with E-state index in [-0.39, 0.29) is 53.5 Å². The van der Waals surface area contributed by atoms with E-state index < -0.39 is 0 Å². The minimum Gasteiger partial charge on any atom is -0.379 e. The van der Waals surface area contributed by atoms with Crippen LogP contribution in [0.2, 0.25) is 0 Å². The summed E-state index contributed by atoms with van der Waals surface area (Å²) in [5, 5.41) is 57.0. The molecule has 8 aromatic heterocycles. The third-order valence-corrected chi connectivity index (χ3v) is 28.7. The largest absolute Gasteiger partial charge is 0.379 e. The van der Waals surface area contributed by atoms with Gasteiger partial charge in [-0.25, -0.2) is 4.39 Å². The number of carbonyl (C=O) groups excluding carboxylic acids is 4. The lowest BCUT2D eigenvalue weighted by Crippen LogP contribution is -2.37. The van der Waals surface area contributed by atoms with Crippen molar-refractivity contribution in [1.29, 1.82) is 10.5 Å². The van der Waals surface area contributed by atoms with Crippen LogP contribution in [0.1, 0.15) is 156 Å². The van der Waals surface area contributed by atoms with E-state index in [1.807, 2.05) is 102 Å². The van der Waals surface area contributed by atoms with Crippen LogP contribution in [0.15, 0.2) is 110 Å². The zero-order valence-electron chi connectivity index (χ0n) is 76.5. The molecule has 133 heavy (non-hydrogen) atoms. The van der Waals surface area contributed by atoms with E-state index in [1.165, 1.54) is 50.7 Å². The molecule has 34 nitrogen and oxygen atoms in total. The molecule has 686 valence electrons. The first-order valence-corrected chi connectivity index (χ1v) is 46.5. The number of aryl methyl sites for hydroxylation is 4. The molecule has 12 aliphatic rings. The fourth-order valence-corrected chi connectivity index (χ4v) is 21.5. The molecular weight excluding hydrogens is 1690 g/mol. The number of ether oxygens (including phenoxy) is 4. The van der Waals surface area contributed by atoms with Gasteiger partial charge in [-0.05, 0) is 120 Å². The van der Waals surface area contributed by atoms with Gasteiger partial charge >= 0.3 is 0 Å². The summed E-state index contributed by atoms with van der Waals surface area (Å²) in [6.45, 7) is 20.4. The molecule has 4 amide bonds. The summed E-state index contributed by atoms with van der Waals surface area (Å²) in [5.41, 5.74) is 26.6. The Hall–Kier alpha value is -13.6. The minimum atomic E-state index is -0.197. The van der Waals surface area contributed by atoms with E-state index in [0.717, 1.165) is 218 Å². The van der Waals surface area contributed by atoms with Gasteiger partial charge in [-0.2, -0.15) is 51.3 Å². The number of rotatable bonds is 13. The van der Waals surface area contributed by atoms with Crippen LogP contribution in [-0.4, -0.2) is 227 Å². The van der Waals surface area contributed by atoms with Crippen LogP contribution in [0, 0.1) is 28.5 Å². The van der Waals surface area contributed by atoms with Gasteiger partial charge in [0.2, 0.25) is 23.6 Å². The summed E-state index contributed by atoms with van der Waals surface area (Å²) in [4.78, 5) is 65.3. The van der Waals surface area contributed by atoms with E-state index in [2.05, 4.69) is 113 Å². The molecule has 0 N–H and O–H groups in total. The van der Waals surface area contributed by atoms with Gasteiger partial charge in [0.15, 0.2) is 23.3 Å². The molecule has 12 aromatic rings. The van der Waals surface area contributed by atoms with Crippen molar-refractivity contribution in [3.8, 4) is 56.6 Å². The number of carbonyl (C=O) groups is 4. The molecule has 4 unspecified atom stereocenters. The Kier molecular flexibility index (Phi) is 23.0. The third kappa shape index (κ3) is 16.1. The maximum Gasteiger partial charge on any atom is 0.219 e. The van der Waals surface area contributed by atoms with E-state index in [4.69, 9.17) is 39.3 Å². The molecule has 4 aromatic carbocycles. The van der Waals surface area contributed by atoms with E-state index >= 15 is 4.39 Å². The van der Waals surface area contributed by atoms with Crippen LogP contribution in [-0.2, 0) is 137 Å². The standard InChI is InChI=1S/C26H29N7O2.C25H27N7O2.C24H27FN6O2.C23H26N6O2/c1-17(34)31-9-6-25-23(15-31)26(29-33(25)21-7-10-35-16-21)32-14-19(5-8-27)22-11-18(3-4-24(22)32)20-12-28-30(2)13-20;1-16(33)30-6-4-23-22(14-30)25(28-32(23)20-5-8-34-15-20)31-7-3-17-9-18(11-26)21(10-24(17)31)19-12-27-29(2)13-19;1-15(32)29-6-4-22-20(13-29)24(27-31(22)18-5-8-33-14-18)30-7-3-19-21(25)9-16(10-23(19)30)17-11-26-28(2)12-17;1-15(30)27-7-6-22-20(12-27)23(25-29(22)19-13-31-14-19)28-8-5-17-9-16(3-4-21(17)28)18-10-24-26(2)11-18/h3-4,11-13,19,21H,5-7,9-10,14-16H2,1-2H3;9-10,12-13,20H,3-8,14-15H2,1-2H3;9-12,18H,3-8,13-14H2,1-2H3;3-4,9-11,19H,5-8,12-14H2,1-2H3. The highest BCUT2D eigenvalue weighted by Crippen LogP contribution is 2.50. The SMILES string of the molecule is CC(=O)N1CCc2c(c(N3CC(CC#N)c4cc(-c5cnn(C)c5)ccc43)nn2C2CCOC2)C1.CC(=O)N1CCc2c(c(N3CCc4c(F)cc(-c5cnn(C)c5)cc43)nn2C2CCOC2)C1.CC(=O)N1CCc2c(c(N3CCc4cc(-c5cnn(C)c5)ccc43)nn2C2COC2)C1.CC(=O)N1CCc2c(c(N3CCc4cc(C#N)c(-c5cnn(C)c5)cc43)nn2C2CCOC2)C1. The number of hydrogen-bond acceptors (Lipinski definition) is 22. The van der Waals surface area contributed by atoms with Crippen molar-refractivity contribution in [1.82, 2.24) is 97.8 Å². The molecule has 0 aliphatic carbocycles. The summed E-state index contributed by atoms with van der Waals surface area (Å²) in [5.74, 6) is 3.94. The summed E-state index contributed by atoms with van der Waals surface area (Å²) in [6, 6.07) is 26.6. The number of anilines is 8. The van der Waals surface area contributed by atoms with Crippen LogP contribution in [0.4, 0.5) is 50.4 Å². The van der Waals surface area contributed by atoms with Crippen molar-refractivity contribution >= 4 is 69.6 Å². The first-order chi connectivity index (χ1) is 64.6. The summed E-state index contributed by atoms with van der Waals surface area (Å²) >= 11 is 0. The van der Waals surface area contributed by atoms with E-state index in [0.29, 0.717) is 103 Å². The topological polar surface area (TPSA) is 321 Å². The van der Waals surface area contributed by atoms with Gasteiger partial charge in [-0.15, -0.1) is 0 Å². The number of halogens is 1. The average molecular weight is 1800 g/mol. The van der Waals surface area contributed by atoms with Crippen LogP contribution in [0.5, 0.6) is 0 Å². The van der Waals surface area contributed by atoms with Crippen LogP contribution in [0.25, 0.3) is 44.5 Å². The average Bonchev–Trinajstić information content (AvgIpc) is 1.61. The Labute approximate surface area is 769 Å². The predicted octanol–water partition coefficient (Wildman–Crippen LogP) is 11.5. The lowest BCUT2D eigenvalue weighted by atomic mass is 9.95. The number of aromatic nitrogens is 16. The van der Waals surface area contributed by atoms with Crippen molar-refractivity contribution in [2.24, 2.45) is 28.2 Å². The van der Waals surface area contributed by atoms with Gasteiger partial charge in [-0.1, -0.05) is 12.1 Å². The van der Waals surface area contributed by atoms with Gasteiger partial charge in [0.1, 0.15) is 5.82 Å². The Balaban J connectivity index is 0.000000107. The van der Waals surface area contributed by atoms with Gasteiger partial charge in [0.25, 0.3) is 0 Å². The highest BCUT2D eigenvalue weighted by molar-refractivity contribution is 5.84. The van der Waals surface area contributed by atoms with E-state index in [9.17, 15) is 29.7 Å². The molecule has 0 radical (unpaired) electrons. The molecule has 35 heteroatoms. The Morgan fingerprint density at radius 3 is 1.21 bits per heavy atom. The summed E-state index contributed by atoms with van der Waals surface area (Å²) in [6.07, 6.45) is 24.1. The monoisotopic (exact) mass is 1800 g/mol. The number of amides is 4. The zero-order chi connectivity index (χ0) is 91.3. The molecule has 0 saturated carbocycles. The minimum absolute atomic E-state index is 0.0651. The van der Waals surface area contributed by atoms with E-state index in [1.54, 1.807) is 60.2 Å². The van der Waals surface area contributed by atoms with Crippen LogP contribution >= 0.6 is 0 Å². The number of benzene rings is 4.